The van der Waals surface area contributed by atoms with E-state index in [9.17, 15) is 4.79 Å². The average Bonchev–Trinajstić information content (AvgIpc) is 2.83. The second-order valence-corrected chi connectivity index (χ2v) is 4.87. The van der Waals surface area contributed by atoms with Crippen molar-refractivity contribution in [3.63, 3.8) is 0 Å². The van der Waals surface area contributed by atoms with E-state index >= 15 is 0 Å². The van der Waals surface area contributed by atoms with Gasteiger partial charge in [0.15, 0.2) is 0 Å². The van der Waals surface area contributed by atoms with Crippen LogP contribution in [-0.4, -0.2) is 35.7 Å². The lowest BCUT2D eigenvalue weighted by molar-refractivity contribution is 0.533. The maximum absolute atomic E-state index is 11.6. The highest BCUT2D eigenvalue weighted by Gasteiger charge is 2.37. The molecule has 0 aliphatic carbocycles. The second kappa shape index (κ2) is 3.73. The zero-order chi connectivity index (χ0) is 12.0. The highest BCUT2D eigenvalue weighted by Crippen LogP contribution is 2.28. The van der Waals surface area contributed by atoms with E-state index in [-0.39, 0.29) is 11.4 Å². The number of nitrogen functional groups attached to an aromatic ring is 1. The fourth-order valence-corrected chi connectivity index (χ4v) is 2.80. The van der Waals surface area contributed by atoms with E-state index in [1.54, 1.807) is 7.05 Å². The Hall–Kier alpha value is -1.56. The summed E-state index contributed by atoms with van der Waals surface area (Å²) in [5, 5.41) is 3.39. The molecule has 2 aliphatic rings. The molecule has 0 amide bonds. The molecular weight excluding hydrogens is 218 g/mol. The third-order valence-corrected chi connectivity index (χ3v) is 3.73. The van der Waals surface area contributed by atoms with Crippen molar-refractivity contribution >= 4 is 11.8 Å². The van der Waals surface area contributed by atoms with Crippen LogP contribution in [0.25, 0.3) is 0 Å². The summed E-state index contributed by atoms with van der Waals surface area (Å²) >= 11 is 0. The number of aromatic nitrogens is 2. The second-order valence-electron chi connectivity index (χ2n) is 4.87. The van der Waals surface area contributed by atoms with Gasteiger partial charge in [0.2, 0.25) is 5.95 Å². The van der Waals surface area contributed by atoms with Crippen LogP contribution in [0.2, 0.25) is 0 Å². The van der Waals surface area contributed by atoms with Crippen molar-refractivity contribution in [2.75, 3.05) is 36.8 Å². The van der Waals surface area contributed by atoms with Gasteiger partial charge in [-0.05, 0) is 11.8 Å². The predicted molar refractivity (Wildman–Crippen MR) is 64.8 cm³/mol. The number of hydrogen-bond acceptors (Lipinski definition) is 5. The maximum Gasteiger partial charge on any atom is 0.265 e. The number of fused-ring (bicyclic) bond motifs is 1. The molecule has 0 spiro atoms. The molecule has 1 aromatic rings. The van der Waals surface area contributed by atoms with Gasteiger partial charge < -0.3 is 16.0 Å². The Morgan fingerprint density at radius 2 is 2.06 bits per heavy atom. The first-order chi connectivity index (χ1) is 8.15. The molecule has 3 rings (SSSR count). The van der Waals surface area contributed by atoms with Crippen molar-refractivity contribution in [1.82, 2.24) is 14.9 Å². The molecule has 2 fully saturated rings. The fraction of sp³-hybridized carbons (Fsp3) is 0.636. The molecular formula is C11H16N5O. The van der Waals surface area contributed by atoms with Crippen molar-refractivity contribution in [3.05, 3.63) is 16.4 Å². The van der Waals surface area contributed by atoms with Crippen molar-refractivity contribution in [3.8, 4) is 0 Å². The van der Waals surface area contributed by atoms with Gasteiger partial charge in [0.25, 0.3) is 5.56 Å². The third kappa shape index (κ3) is 1.68. The maximum atomic E-state index is 11.6. The average molecular weight is 234 g/mol. The smallest absolute Gasteiger partial charge is 0.265 e. The van der Waals surface area contributed by atoms with Crippen LogP contribution >= 0.6 is 0 Å². The first-order valence-corrected chi connectivity index (χ1v) is 5.86. The molecule has 2 atom stereocenters. The van der Waals surface area contributed by atoms with Crippen LogP contribution in [0.4, 0.5) is 11.8 Å². The highest BCUT2D eigenvalue weighted by molar-refractivity contribution is 5.40. The van der Waals surface area contributed by atoms with E-state index in [1.807, 2.05) is 0 Å². The summed E-state index contributed by atoms with van der Waals surface area (Å²) < 4.78 is 1.52. The molecule has 0 saturated carbocycles. The minimum absolute atomic E-state index is 0.179. The minimum atomic E-state index is -0.220. The molecule has 0 bridgehead atoms. The zero-order valence-electron chi connectivity index (χ0n) is 9.81. The van der Waals surface area contributed by atoms with Crippen LogP contribution in [0.3, 0.4) is 0 Å². The minimum Gasteiger partial charge on any atom is -0.383 e. The standard InChI is InChI=1S/C11H16N5O/c1-15-10(17)2-9(12)14-11(15)16-5-7-3-13-4-8(7)6-16/h7-8,13H,3-6,12H2,1H3. The molecule has 1 aromatic heterocycles. The monoisotopic (exact) mass is 234 g/mol. The van der Waals surface area contributed by atoms with E-state index < -0.39 is 0 Å². The topological polar surface area (TPSA) is 76.2 Å². The summed E-state index contributed by atoms with van der Waals surface area (Å²) in [6, 6.07) is 2.49. The van der Waals surface area contributed by atoms with Gasteiger partial charge in [-0.25, -0.2) is 0 Å². The van der Waals surface area contributed by atoms with Gasteiger partial charge in [-0.1, -0.05) is 0 Å². The van der Waals surface area contributed by atoms with Crippen LogP contribution in [0.15, 0.2) is 4.79 Å². The lowest BCUT2D eigenvalue weighted by atomic mass is 10.0. The Morgan fingerprint density at radius 3 is 2.71 bits per heavy atom. The molecule has 0 aromatic carbocycles. The molecule has 3 N–H and O–H groups in total. The molecule has 2 aliphatic heterocycles. The van der Waals surface area contributed by atoms with Crippen LogP contribution < -0.4 is 21.5 Å². The summed E-state index contributed by atoms with van der Waals surface area (Å²) in [5.74, 6) is 2.17. The number of nitrogens with one attached hydrogen (secondary N) is 1. The van der Waals surface area contributed by atoms with Gasteiger partial charge in [0, 0.05) is 33.2 Å². The van der Waals surface area contributed by atoms with E-state index in [1.165, 1.54) is 4.57 Å². The Morgan fingerprint density at radius 1 is 1.41 bits per heavy atom. The highest BCUT2D eigenvalue weighted by atomic mass is 16.1. The predicted octanol–water partition coefficient (Wildman–Crippen LogP) is -1.18. The number of anilines is 2. The molecule has 2 saturated heterocycles. The Labute approximate surface area is 99.4 Å². The van der Waals surface area contributed by atoms with Gasteiger partial charge in [-0.3, -0.25) is 9.36 Å². The van der Waals surface area contributed by atoms with Crippen LogP contribution in [0, 0.1) is 17.9 Å². The molecule has 6 heteroatoms. The van der Waals surface area contributed by atoms with Crippen LogP contribution in [0.5, 0.6) is 0 Å². The summed E-state index contributed by atoms with van der Waals surface area (Å²) in [5.41, 5.74) is 5.37. The van der Waals surface area contributed by atoms with Crippen molar-refractivity contribution in [2.24, 2.45) is 18.9 Å². The largest absolute Gasteiger partial charge is 0.383 e. The van der Waals surface area contributed by atoms with Crippen molar-refractivity contribution in [1.29, 1.82) is 0 Å². The summed E-state index contributed by atoms with van der Waals surface area (Å²) in [6.07, 6.45) is 0. The number of nitrogens with zero attached hydrogens (tertiary/aromatic N) is 3. The first-order valence-electron chi connectivity index (χ1n) is 5.86. The van der Waals surface area contributed by atoms with Gasteiger partial charge in [-0.15, -0.1) is 0 Å². The van der Waals surface area contributed by atoms with E-state index in [2.05, 4.69) is 21.3 Å². The molecule has 6 nitrogen and oxygen atoms in total. The third-order valence-electron chi connectivity index (χ3n) is 3.73. The molecule has 17 heavy (non-hydrogen) atoms. The lowest BCUT2D eigenvalue weighted by Gasteiger charge is -2.20. The number of rotatable bonds is 1. The van der Waals surface area contributed by atoms with E-state index in [0.717, 1.165) is 26.2 Å². The van der Waals surface area contributed by atoms with E-state index in [4.69, 9.17) is 5.73 Å². The van der Waals surface area contributed by atoms with Crippen molar-refractivity contribution < 1.29 is 0 Å². The van der Waals surface area contributed by atoms with Gasteiger partial charge >= 0.3 is 0 Å². The van der Waals surface area contributed by atoms with Gasteiger partial charge in [0.1, 0.15) is 5.82 Å². The molecule has 91 valence electrons. The van der Waals surface area contributed by atoms with Crippen LogP contribution in [0.1, 0.15) is 0 Å². The number of hydrogen-bond donors (Lipinski definition) is 2. The summed E-state index contributed by atoms with van der Waals surface area (Å²) in [6.45, 7) is 4.01. The summed E-state index contributed by atoms with van der Waals surface area (Å²) in [4.78, 5) is 18.0. The fourth-order valence-electron chi connectivity index (χ4n) is 2.80. The zero-order valence-corrected chi connectivity index (χ0v) is 9.81. The Kier molecular flexibility index (Phi) is 2.32. The first kappa shape index (κ1) is 10.6. The normalized spacial score (nSPS) is 27.5. The Balaban J connectivity index is 1.93. The SMILES string of the molecule is Cn1c(N2CC3CNCC3C2)nc(N)[c]c1=O. The molecule has 2 unspecified atom stereocenters. The Bertz CT molecular complexity index is 485. The quantitative estimate of drug-likeness (QED) is 0.639. The summed E-state index contributed by atoms with van der Waals surface area (Å²) in [7, 11) is 1.72. The van der Waals surface area contributed by atoms with E-state index in [0.29, 0.717) is 17.8 Å². The molecule has 3 heterocycles. The van der Waals surface area contributed by atoms with Crippen LogP contribution in [-0.2, 0) is 7.05 Å². The number of nitrogens with two attached hydrogens (primary N) is 1. The van der Waals surface area contributed by atoms with Gasteiger partial charge in [0.05, 0.1) is 6.07 Å². The molecule has 1 radical (unpaired) electrons. The lowest BCUT2D eigenvalue weighted by Crippen LogP contribution is -2.32. The van der Waals surface area contributed by atoms with Gasteiger partial charge in [-0.2, -0.15) is 4.98 Å². The van der Waals surface area contributed by atoms with Crippen molar-refractivity contribution in [2.45, 2.75) is 0 Å².